The van der Waals surface area contributed by atoms with Gasteiger partial charge in [0.15, 0.2) is 0 Å². The van der Waals surface area contributed by atoms with E-state index >= 15 is 0 Å². The lowest BCUT2D eigenvalue weighted by atomic mass is 10.1. The molecular weight excluding hydrogens is 344 g/mol. The highest BCUT2D eigenvalue weighted by molar-refractivity contribution is 5.83. The highest BCUT2D eigenvalue weighted by Crippen LogP contribution is 2.03. The Balaban J connectivity index is 4.82. The van der Waals surface area contributed by atoms with E-state index in [1.165, 1.54) is 6.92 Å². The number of carbonyl (C=O) groups excluding carboxylic acids is 3. The molecule has 0 aliphatic heterocycles. The standard InChI is InChI=1S/C21H40N2O4/c1-8-19(7)27-12-11-22(14-20(25)16(2)3)9-10-23(13-18(6)24)15-21(26)17(4)5/h16-17,19H,8-15H2,1-7H3. The van der Waals surface area contributed by atoms with Crippen LogP contribution in [0, 0.1) is 11.8 Å². The van der Waals surface area contributed by atoms with Crippen LogP contribution < -0.4 is 0 Å². The van der Waals surface area contributed by atoms with E-state index in [9.17, 15) is 14.4 Å². The molecule has 0 heterocycles. The molecule has 0 radical (unpaired) electrons. The van der Waals surface area contributed by atoms with Gasteiger partial charge in [0, 0.05) is 31.5 Å². The summed E-state index contributed by atoms with van der Waals surface area (Å²) in [6.07, 6.45) is 1.15. The molecule has 0 fully saturated rings. The van der Waals surface area contributed by atoms with E-state index in [0.717, 1.165) is 6.42 Å². The van der Waals surface area contributed by atoms with Gasteiger partial charge < -0.3 is 4.74 Å². The van der Waals surface area contributed by atoms with Crippen molar-refractivity contribution in [2.75, 3.05) is 45.9 Å². The summed E-state index contributed by atoms with van der Waals surface area (Å²) in [4.78, 5) is 39.8. The van der Waals surface area contributed by atoms with E-state index in [1.807, 2.05) is 39.5 Å². The lowest BCUT2D eigenvalue weighted by Crippen LogP contribution is -2.43. The van der Waals surface area contributed by atoms with Gasteiger partial charge in [0.05, 0.1) is 32.3 Å². The molecule has 6 nitrogen and oxygen atoms in total. The van der Waals surface area contributed by atoms with E-state index in [2.05, 4.69) is 11.8 Å². The average Bonchev–Trinajstić information content (AvgIpc) is 2.57. The molecule has 1 atom stereocenters. The quantitative estimate of drug-likeness (QED) is 0.407. The van der Waals surface area contributed by atoms with Crippen molar-refractivity contribution < 1.29 is 19.1 Å². The smallest absolute Gasteiger partial charge is 0.149 e. The van der Waals surface area contributed by atoms with Crippen LogP contribution in [0.25, 0.3) is 0 Å². The number of hydrogen-bond acceptors (Lipinski definition) is 6. The molecule has 0 aromatic rings. The number of carbonyl (C=O) groups is 3. The van der Waals surface area contributed by atoms with Crippen LogP contribution in [0.15, 0.2) is 0 Å². The van der Waals surface area contributed by atoms with Crippen molar-refractivity contribution in [3.05, 3.63) is 0 Å². The molecule has 0 spiro atoms. The lowest BCUT2D eigenvalue weighted by Gasteiger charge is -2.27. The first-order valence-electron chi connectivity index (χ1n) is 10.2. The van der Waals surface area contributed by atoms with Gasteiger partial charge in [-0.2, -0.15) is 0 Å². The molecule has 158 valence electrons. The first-order chi connectivity index (χ1) is 12.6. The number of ether oxygens (including phenoxy) is 1. The van der Waals surface area contributed by atoms with Crippen LogP contribution in [-0.2, 0) is 19.1 Å². The molecule has 0 aromatic carbocycles. The predicted molar refractivity (Wildman–Crippen MR) is 109 cm³/mol. The molecule has 27 heavy (non-hydrogen) atoms. The van der Waals surface area contributed by atoms with Crippen molar-refractivity contribution in [3.63, 3.8) is 0 Å². The minimum Gasteiger partial charge on any atom is -0.377 e. The van der Waals surface area contributed by atoms with E-state index in [0.29, 0.717) is 32.8 Å². The van der Waals surface area contributed by atoms with Gasteiger partial charge in [0.1, 0.15) is 17.3 Å². The second kappa shape index (κ2) is 14.0. The van der Waals surface area contributed by atoms with Crippen LogP contribution in [0.4, 0.5) is 0 Å². The van der Waals surface area contributed by atoms with Crippen LogP contribution in [0.5, 0.6) is 0 Å². The zero-order valence-corrected chi connectivity index (χ0v) is 18.4. The normalized spacial score (nSPS) is 13.0. The number of Topliss-reactive ketones (excluding diaryl/α,β-unsaturated/α-hetero) is 3. The third-order valence-electron chi connectivity index (χ3n) is 4.61. The third kappa shape index (κ3) is 12.8. The molecule has 0 rings (SSSR count). The van der Waals surface area contributed by atoms with Crippen molar-refractivity contribution in [2.24, 2.45) is 11.8 Å². The zero-order chi connectivity index (χ0) is 21.0. The van der Waals surface area contributed by atoms with Crippen molar-refractivity contribution in [2.45, 2.75) is 61.0 Å². The molecule has 6 heteroatoms. The van der Waals surface area contributed by atoms with Crippen molar-refractivity contribution in [1.82, 2.24) is 9.80 Å². The maximum Gasteiger partial charge on any atom is 0.149 e. The summed E-state index contributed by atoms with van der Waals surface area (Å²) in [5.41, 5.74) is 0. The summed E-state index contributed by atoms with van der Waals surface area (Å²) < 4.78 is 5.76. The van der Waals surface area contributed by atoms with Crippen LogP contribution in [0.3, 0.4) is 0 Å². The fourth-order valence-electron chi connectivity index (χ4n) is 2.39. The first kappa shape index (κ1) is 25.9. The Morgan fingerprint density at radius 3 is 1.70 bits per heavy atom. The van der Waals surface area contributed by atoms with Gasteiger partial charge in [0.2, 0.25) is 0 Å². The second-order valence-electron chi connectivity index (χ2n) is 8.02. The van der Waals surface area contributed by atoms with Gasteiger partial charge >= 0.3 is 0 Å². The lowest BCUT2D eigenvalue weighted by molar-refractivity contribution is -0.126. The van der Waals surface area contributed by atoms with Gasteiger partial charge in [-0.05, 0) is 20.3 Å². The topological polar surface area (TPSA) is 66.9 Å². The molecule has 0 aliphatic carbocycles. The van der Waals surface area contributed by atoms with E-state index in [4.69, 9.17) is 4.74 Å². The first-order valence-corrected chi connectivity index (χ1v) is 10.2. The number of rotatable bonds is 16. The maximum absolute atomic E-state index is 12.2. The second-order valence-corrected chi connectivity index (χ2v) is 8.02. The molecular formula is C21H40N2O4. The Labute approximate surface area is 165 Å². The number of ketones is 3. The highest BCUT2D eigenvalue weighted by Gasteiger charge is 2.18. The van der Waals surface area contributed by atoms with Crippen molar-refractivity contribution >= 4 is 17.3 Å². The largest absolute Gasteiger partial charge is 0.377 e. The summed E-state index contributed by atoms with van der Waals surface area (Å²) in [6, 6.07) is 0. The molecule has 0 bridgehead atoms. The van der Waals surface area contributed by atoms with Gasteiger partial charge in [-0.25, -0.2) is 0 Å². The molecule has 0 aliphatic rings. The average molecular weight is 385 g/mol. The van der Waals surface area contributed by atoms with E-state index in [-0.39, 0.29) is 48.4 Å². The minimum atomic E-state index is -0.0537. The Kier molecular flexibility index (Phi) is 13.4. The summed E-state index contributed by atoms with van der Waals surface area (Å²) in [7, 11) is 0. The van der Waals surface area contributed by atoms with E-state index < -0.39 is 0 Å². The monoisotopic (exact) mass is 384 g/mol. The highest BCUT2D eigenvalue weighted by atomic mass is 16.5. The van der Waals surface area contributed by atoms with Crippen molar-refractivity contribution in [1.29, 1.82) is 0 Å². The van der Waals surface area contributed by atoms with Crippen molar-refractivity contribution in [3.8, 4) is 0 Å². The SMILES string of the molecule is CCC(C)OCCN(CCN(CC(C)=O)CC(=O)C(C)C)CC(=O)C(C)C. The Morgan fingerprint density at radius 2 is 1.26 bits per heavy atom. The Hall–Kier alpha value is -1.11. The van der Waals surface area contributed by atoms with Crippen LogP contribution in [0.2, 0.25) is 0 Å². The number of nitrogens with zero attached hydrogens (tertiary/aromatic N) is 2. The van der Waals surface area contributed by atoms with Crippen LogP contribution in [-0.4, -0.2) is 79.1 Å². The maximum atomic E-state index is 12.2. The molecule has 0 saturated heterocycles. The summed E-state index contributed by atoms with van der Waals surface area (Å²) in [5.74, 6) is 0.286. The van der Waals surface area contributed by atoms with Gasteiger partial charge in [-0.1, -0.05) is 34.6 Å². The van der Waals surface area contributed by atoms with E-state index in [1.54, 1.807) is 0 Å². The molecule has 0 N–H and O–H groups in total. The van der Waals surface area contributed by atoms with Gasteiger partial charge in [-0.3, -0.25) is 24.2 Å². The Bertz CT molecular complexity index is 463. The fraction of sp³-hybridized carbons (Fsp3) is 0.857. The van der Waals surface area contributed by atoms with Crippen LogP contribution >= 0.6 is 0 Å². The summed E-state index contributed by atoms with van der Waals surface area (Å²) in [5, 5.41) is 0. The molecule has 1 unspecified atom stereocenters. The summed E-state index contributed by atoms with van der Waals surface area (Å²) >= 11 is 0. The molecule has 0 saturated carbocycles. The Morgan fingerprint density at radius 1 is 0.778 bits per heavy atom. The summed E-state index contributed by atoms with van der Waals surface area (Å²) in [6.45, 7) is 16.5. The molecule has 0 aromatic heterocycles. The molecule has 0 amide bonds. The minimum absolute atomic E-state index is 0.0150. The zero-order valence-electron chi connectivity index (χ0n) is 18.4. The van der Waals surface area contributed by atoms with Gasteiger partial charge in [-0.15, -0.1) is 0 Å². The number of hydrogen-bond donors (Lipinski definition) is 0. The van der Waals surface area contributed by atoms with Crippen LogP contribution in [0.1, 0.15) is 54.9 Å². The fourth-order valence-corrected chi connectivity index (χ4v) is 2.39. The third-order valence-corrected chi connectivity index (χ3v) is 4.61. The predicted octanol–water partition coefficient (Wildman–Crippen LogP) is 2.44. The van der Waals surface area contributed by atoms with Gasteiger partial charge in [0.25, 0.3) is 0 Å².